The Labute approximate surface area is 149 Å². The van der Waals surface area contributed by atoms with Gasteiger partial charge in [-0.25, -0.2) is 0 Å². The van der Waals surface area contributed by atoms with Gasteiger partial charge in [0.2, 0.25) is 0 Å². The van der Waals surface area contributed by atoms with E-state index in [2.05, 4.69) is 5.32 Å². The highest BCUT2D eigenvalue weighted by atomic mass is 16.6. The second-order valence-corrected chi connectivity index (χ2v) is 5.67. The van der Waals surface area contributed by atoms with E-state index in [1.807, 2.05) is 30.3 Å². The number of rotatable bonds is 3. The molecule has 0 bridgehead atoms. The first kappa shape index (κ1) is 15.8. The molecule has 4 rings (SSSR count). The molecule has 0 radical (unpaired) electrons. The Morgan fingerprint density at radius 1 is 1.08 bits per heavy atom. The Morgan fingerprint density at radius 3 is 2.69 bits per heavy atom. The zero-order valence-electron chi connectivity index (χ0n) is 13.7. The lowest BCUT2D eigenvalue weighted by Crippen LogP contribution is -2.17. The maximum atomic E-state index is 12.4. The van der Waals surface area contributed by atoms with E-state index in [-0.39, 0.29) is 5.57 Å². The first-order valence-corrected chi connectivity index (χ1v) is 8.04. The van der Waals surface area contributed by atoms with E-state index in [4.69, 9.17) is 13.9 Å². The predicted molar refractivity (Wildman–Crippen MR) is 95.9 cm³/mol. The van der Waals surface area contributed by atoms with Crippen molar-refractivity contribution in [3.05, 3.63) is 59.9 Å². The summed E-state index contributed by atoms with van der Waals surface area (Å²) < 4.78 is 16.6. The molecule has 0 saturated carbocycles. The molecular weight excluding hydrogens is 332 g/mol. The first-order valence-electron chi connectivity index (χ1n) is 8.04. The second kappa shape index (κ2) is 6.65. The normalized spacial score (nSPS) is 13.3. The molecule has 6 nitrogen and oxygen atoms in total. The van der Waals surface area contributed by atoms with Gasteiger partial charge in [0.15, 0.2) is 11.5 Å². The molecule has 0 saturated heterocycles. The molecule has 1 aliphatic heterocycles. The summed E-state index contributed by atoms with van der Waals surface area (Å²) in [7, 11) is 0. The fraction of sp³-hybridized carbons (Fsp3) is 0.100. The van der Waals surface area contributed by atoms with Crippen molar-refractivity contribution < 1.29 is 18.7 Å². The summed E-state index contributed by atoms with van der Waals surface area (Å²) in [4.78, 5) is 12.4. The van der Waals surface area contributed by atoms with Crippen molar-refractivity contribution in [3.63, 3.8) is 0 Å². The summed E-state index contributed by atoms with van der Waals surface area (Å²) in [5.41, 5.74) is 1.16. The summed E-state index contributed by atoms with van der Waals surface area (Å²) in [5.74, 6) is 1.12. The molecule has 128 valence electrons. The van der Waals surface area contributed by atoms with Crippen molar-refractivity contribution in [1.82, 2.24) is 0 Å². The molecule has 2 aromatic carbocycles. The van der Waals surface area contributed by atoms with Crippen LogP contribution >= 0.6 is 0 Å². The highest BCUT2D eigenvalue weighted by Crippen LogP contribution is 2.32. The number of ether oxygens (including phenoxy) is 2. The van der Waals surface area contributed by atoms with E-state index in [9.17, 15) is 10.1 Å². The Hall–Kier alpha value is -3.72. The molecule has 0 unspecified atom stereocenters. The van der Waals surface area contributed by atoms with Crippen LogP contribution in [0.3, 0.4) is 0 Å². The number of nitrogens with one attached hydrogen (secondary N) is 1. The van der Waals surface area contributed by atoms with Crippen molar-refractivity contribution in [2.45, 2.75) is 0 Å². The first-order chi connectivity index (χ1) is 12.7. The van der Waals surface area contributed by atoms with Gasteiger partial charge < -0.3 is 19.2 Å². The van der Waals surface area contributed by atoms with Crippen LogP contribution in [0, 0.1) is 11.3 Å². The van der Waals surface area contributed by atoms with Crippen LogP contribution in [0.1, 0.15) is 5.76 Å². The standard InChI is InChI=1S/C20H14N2O4/c21-12-14(10-16-9-13-3-1-2-4-17(13)26-16)20(23)22-15-5-6-18-19(11-15)25-8-7-24-18/h1-6,9-11H,7-8H2,(H,22,23)/b14-10+. The number of nitriles is 1. The van der Waals surface area contributed by atoms with Crippen LogP contribution in [-0.4, -0.2) is 19.1 Å². The third kappa shape index (κ3) is 3.10. The lowest BCUT2D eigenvalue weighted by atomic mass is 10.2. The lowest BCUT2D eigenvalue weighted by Gasteiger charge is -2.18. The molecule has 1 amide bonds. The average Bonchev–Trinajstić information content (AvgIpc) is 3.08. The Bertz CT molecular complexity index is 1030. The van der Waals surface area contributed by atoms with Crippen LogP contribution in [0.5, 0.6) is 11.5 Å². The Balaban J connectivity index is 1.56. The van der Waals surface area contributed by atoms with Crippen molar-refractivity contribution in [1.29, 1.82) is 5.26 Å². The number of carbonyl (C=O) groups excluding carboxylic acids is 1. The minimum absolute atomic E-state index is 0.0565. The number of carbonyl (C=O) groups is 1. The molecule has 0 atom stereocenters. The minimum Gasteiger partial charge on any atom is -0.486 e. The fourth-order valence-electron chi connectivity index (χ4n) is 2.68. The van der Waals surface area contributed by atoms with Gasteiger partial charge in [0.1, 0.15) is 36.2 Å². The molecule has 1 aromatic heterocycles. The molecule has 1 aliphatic rings. The molecule has 0 spiro atoms. The zero-order chi connectivity index (χ0) is 17.9. The molecule has 3 aromatic rings. The number of amides is 1. The number of furan rings is 1. The van der Waals surface area contributed by atoms with E-state index in [1.54, 1.807) is 24.3 Å². The van der Waals surface area contributed by atoms with Gasteiger partial charge >= 0.3 is 0 Å². The monoisotopic (exact) mass is 346 g/mol. The van der Waals surface area contributed by atoms with Crippen LogP contribution in [-0.2, 0) is 4.79 Å². The van der Waals surface area contributed by atoms with Gasteiger partial charge in [-0.05, 0) is 24.3 Å². The number of hydrogen-bond donors (Lipinski definition) is 1. The quantitative estimate of drug-likeness (QED) is 0.577. The molecule has 0 fully saturated rings. The number of fused-ring (bicyclic) bond motifs is 2. The number of nitrogens with zero attached hydrogens (tertiary/aromatic N) is 1. The van der Waals surface area contributed by atoms with Gasteiger partial charge in [0, 0.05) is 23.2 Å². The molecule has 0 aliphatic carbocycles. The summed E-state index contributed by atoms with van der Waals surface area (Å²) >= 11 is 0. The summed E-state index contributed by atoms with van der Waals surface area (Å²) in [6.07, 6.45) is 1.42. The number of para-hydroxylation sites is 1. The van der Waals surface area contributed by atoms with E-state index < -0.39 is 5.91 Å². The van der Waals surface area contributed by atoms with E-state index in [0.29, 0.717) is 41.7 Å². The SMILES string of the molecule is N#C/C(=C\c1cc2ccccc2o1)C(=O)Nc1ccc2c(c1)OCCO2. The van der Waals surface area contributed by atoms with Crippen LogP contribution in [0.25, 0.3) is 17.0 Å². The van der Waals surface area contributed by atoms with Crippen LogP contribution in [0.2, 0.25) is 0 Å². The maximum absolute atomic E-state index is 12.4. The molecular formula is C20H14N2O4. The predicted octanol–water partition coefficient (Wildman–Crippen LogP) is 3.75. The second-order valence-electron chi connectivity index (χ2n) is 5.67. The Kier molecular flexibility index (Phi) is 4.04. The van der Waals surface area contributed by atoms with E-state index in [0.717, 1.165) is 5.39 Å². The number of benzene rings is 2. The number of hydrogen-bond acceptors (Lipinski definition) is 5. The van der Waals surface area contributed by atoms with Crippen molar-refractivity contribution >= 4 is 28.6 Å². The van der Waals surface area contributed by atoms with Gasteiger partial charge in [-0.1, -0.05) is 18.2 Å². The summed E-state index contributed by atoms with van der Waals surface area (Å²) in [5, 5.41) is 12.9. The molecule has 2 heterocycles. The van der Waals surface area contributed by atoms with Gasteiger partial charge in [0.25, 0.3) is 5.91 Å². The highest BCUT2D eigenvalue weighted by Gasteiger charge is 2.15. The van der Waals surface area contributed by atoms with Crippen LogP contribution in [0.15, 0.2) is 58.5 Å². The third-order valence-corrected chi connectivity index (χ3v) is 3.90. The largest absolute Gasteiger partial charge is 0.486 e. The van der Waals surface area contributed by atoms with Crippen molar-refractivity contribution in [2.24, 2.45) is 0 Å². The lowest BCUT2D eigenvalue weighted by molar-refractivity contribution is -0.112. The van der Waals surface area contributed by atoms with Crippen LogP contribution in [0.4, 0.5) is 5.69 Å². The van der Waals surface area contributed by atoms with Crippen molar-refractivity contribution in [3.8, 4) is 17.6 Å². The zero-order valence-corrected chi connectivity index (χ0v) is 13.7. The van der Waals surface area contributed by atoms with Crippen molar-refractivity contribution in [2.75, 3.05) is 18.5 Å². The van der Waals surface area contributed by atoms with Gasteiger partial charge in [0.05, 0.1) is 0 Å². The fourth-order valence-corrected chi connectivity index (χ4v) is 2.68. The average molecular weight is 346 g/mol. The summed E-state index contributed by atoms with van der Waals surface area (Å²) in [6.45, 7) is 0.956. The summed E-state index contributed by atoms with van der Waals surface area (Å²) in [6, 6.07) is 16.3. The minimum atomic E-state index is -0.523. The van der Waals surface area contributed by atoms with E-state index in [1.165, 1.54) is 6.08 Å². The Morgan fingerprint density at radius 2 is 1.88 bits per heavy atom. The number of anilines is 1. The third-order valence-electron chi connectivity index (χ3n) is 3.90. The topological polar surface area (TPSA) is 84.5 Å². The van der Waals surface area contributed by atoms with Crippen LogP contribution < -0.4 is 14.8 Å². The molecule has 6 heteroatoms. The van der Waals surface area contributed by atoms with Gasteiger partial charge in [-0.2, -0.15) is 5.26 Å². The molecule has 26 heavy (non-hydrogen) atoms. The maximum Gasteiger partial charge on any atom is 0.266 e. The highest BCUT2D eigenvalue weighted by molar-refractivity contribution is 6.09. The molecule has 1 N–H and O–H groups in total. The van der Waals surface area contributed by atoms with E-state index >= 15 is 0 Å². The van der Waals surface area contributed by atoms with Gasteiger partial charge in [-0.3, -0.25) is 4.79 Å². The van der Waals surface area contributed by atoms with Gasteiger partial charge in [-0.15, -0.1) is 0 Å². The smallest absolute Gasteiger partial charge is 0.266 e.